The number of rotatable bonds is 4. The van der Waals surface area contributed by atoms with Gasteiger partial charge >= 0.3 is 0 Å². The summed E-state index contributed by atoms with van der Waals surface area (Å²) < 4.78 is 1.15. The first kappa shape index (κ1) is 16.0. The van der Waals surface area contributed by atoms with Gasteiger partial charge in [0.25, 0.3) is 0 Å². The highest BCUT2D eigenvalue weighted by Gasteiger charge is 2.16. The van der Waals surface area contributed by atoms with E-state index >= 15 is 0 Å². The SMILES string of the molecule is CN(CC(=O)N1CCCCCCC1)Cc1csc(Br)c1. The molecule has 20 heavy (non-hydrogen) atoms. The van der Waals surface area contributed by atoms with Crippen LogP contribution in [0.25, 0.3) is 0 Å². The predicted molar refractivity (Wildman–Crippen MR) is 88.0 cm³/mol. The molecule has 0 aliphatic carbocycles. The highest BCUT2D eigenvalue weighted by atomic mass is 79.9. The molecule has 112 valence electrons. The molecule has 0 N–H and O–H groups in total. The van der Waals surface area contributed by atoms with Crippen molar-refractivity contribution in [1.29, 1.82) is 0 Å². The lowest BCUT2D eigenvalue weighted by atomic mass is 10.1. The van der Waals surface area contributed by atoms with Gasteiger partial charge in [-0.05, 0) is 52.8 Å². The maximum Gasteiger partial charge on any atom is 0.236 e. The van der Waals surface area contributed by atoms with Crippen LogP contribution in [0.3, 0.4) is 0 Å². The fourth-order valence-corrected chi connectivity index (χ4v) is 3.82. The van der Waals surface area contributed by atoms with Crippen LogP contribution in [0.2, 0.25) is 0 Å². The van der Waals surface area contributed by atoms with Crippen molar-refractivity contribution in [3.05, 3.63) is 20.8 Å². The molecule has 0 atom stereocenters. The van der Waals surface area contributed by atoms with Crippen LogP contribution in [0, 0.1) is 0 Å². The minimum absolute atomic E-state index is 0.281. The molecule has 0 spiro atoms. The zero-order valence-electron chi connectivity index (χ0n) is 12.1. The van der Waals surface area contributed by atoms with Gasteiger partial charge in [-0.15, -0.1) is 11.3 Å². The third kappa shape index (κ3) is 5.19. The highest BCUT2D eigenvalue weighted by Crippen LogP contribution is 2.21. The maximum atomic E-state index is 12.3. The lowest BCUT2D eigenvalue weighted by Crippen LogP contribution is -2.40. The summed E-state index contributed by atoms with van der Waals surface area (Å²) in [5, 5.41) is 2.14. The largest absolute Gasteiger partial charge is 0.342 e. The van der Waals surface area contributed by atoms with Crippen LogP contribution in [0.5, 0.6) is 0 Å². The van der Waals surface area contributed by atoms with Crippen molar-refractivity contribution in [2.75, 3.05) is 26.7 Å². The number of nitrogens with zero attached hydrogens (tertiary/aromatic N) is 2. The molecule has 1 saturated heterocycles. The van der Waals surface area contributed by atoms with E-state index in [1.165, 1.54) is 24.8 Å². The van der Waals surface area contributed by atoms with E-state index in [4.69, 9.17) is 0 Å². The number of amides is 1. The first-order chi connectivity index (χ1) is 9.65. The van der Waals surface area contributed by atoms with Crippen LogP contribution < -0.4 is 0 Å². The fourth-order valence-electron chi connectivity index (χ4n) is 2.62. The van der Waals surface area contributed by atoms with Gasteiger partial charge in [0.1, 0.15) is 0 Å². The second kappa shape index (κ2) is 8.15. The molecule has 0 radical (unpaired) electrons. The van der Waals surface area contributed by atoms with Crippen molar-refractivity contribution in [1.82, 2.24) is 9.80 Å². The fraction of sp³-hybridized carbons (Fsp3) is 0.667. The van der Waals surface area contributed by atoms with Gasteiger partial charge < -0.3 is 4.90 Å². The van der Waals surface area contributed by atoms with Crippen LogP contribution in [0.4, 0.5) is 0 Å². The Morgan fingerprint density at radius 2 is 1.95 bits per heavy atom. The molecule has 1 aliphatic rings. The predicted octanol–water partition coefficient (Wildman–Crippen LogP) is 3.74. The minimum Gasteiger partial charge on any atom is -0.342 e. The molecule has 0 saturated carbocycles. The smallest absolute Gasteiger partial charge is 0.236 e. The van der Waals surface area contributed by atoms with E-state index < -0.39 is 0 Å². The van der Waals surface area contributed by atoms with Crippen molar-refractivity contribution in [2.24, 2.45) is 0 Å². The Morgan fingerprint density at radius 1 is 1.30 bits per heavy atom. The molecule has 5 heteroatoms. The van der Waals surface area contributed by atoms with E-state index in [-0.39, 0.29) is 5.91 Å². The zero-order chi connectivity index (χ0) is 14.4. The molecule has 3 nitrogen and oxygen atoms in total. The lowest BCUT2D eigenvalue weighted by molar-refractivity contribution is -0.132. The second-order valence-corrected chi connectivity index (χ2v) is 7.87. The molecular formula is C15H23BrN2OS. The zero-order valence-corrected chi connectivity index (χ0v) is 14.5. The topological polar surface area (TPSA) is 23.6 Å². The average Bonchev–Trinajstić information content (AvgIpc) is 2.73. The molecule has 1 aliphatic heterocycles. The van der Waals surface area contributed by atoms with E-state index in [1.807, 2.05) is 7.05 Å². The minimum atomic E-state index is 0.281. The molecule has 0 aromatic carbocycles. The number of carbonyl (C=O) groups is 1. The van der Waals surface area contributed by atoms with Crippen molar-refractivity contribution < 1.29 is 4.79 Å². The van der Waals surface area contributed by atoms with E-state index in [9.17, 15) is 4.79 Å². The van der Waals surface area contributed by atoms with Crippen LogP contribution in [0.15, 0.2) is 15.2 Å². The van der Waals surface area contributed by atoms with Crippen molar-refractivity contribution >= 4 is 33.2 Å². The first-order valence-electron chi connectivity index (χ1n) is 7.34. The lowest BCUT2D eigenvalue weighted by Gasteiger charge is -2.27. The Kier molecular flexibility index (Phi) is 6.52. The van der Waals surface area contributed by atoms with Gasteiger partial charge in [0.05, 0.1) is 10.3 Å². The van der Waals surface area contributed by atoms with E-state index in [0.29, 0.717) is 6.54 Å². The monoisotopic (exact) mass is 358 g/mol. The highest BCUT2D eigenvalue weighted by molar-refractivity contribution is 9.11. The van der Waals surface area contributed by atoms with Crippen LogP contribution in [-0.4, -0.2) is 42.4 Å². The molecular weight excluding hydrogens is 336 g/mol. The van der Waals surface area contributed by atoms with Gasteiger partial charge in [-0.1, -0.05) is 19.3 Å². The van der Waals surface area contributed by atoms with E-state index in [2.05, 4.69) is 37.2 Å². The molecule has 1 amide bonds. The standard InChI is InChI=1S/C15H23BrN2OS/c1-17(10-13-9-14(16)20-12-13)11-15(19)18-7-5-3-2-4-6-8-18/h9,12H,2-8,10-11H2,1H3. The molecule has 0 bridgehead atoms. The Hall–Kier alpha value is -0.390. The van der Waals surface area contributed by atoms with Gasteiger partial charge in [-0.3, -0.25) is 9.69 Å². The van der Waals surface area contributed by atoms with E-state index in [1.54, 1.807) is 11.3 Å². The van der Waals surface area contributed by atoms with E-state index in [0.717, 1.165) is 36.3 Å². The molecule has 2 rings (SSSR count). The van der Waals surface area contributed by atoms with Crippen molar-refractivity contribution in [3.63, 3.8) is 0 Å². The maximum absolute atomic E-state index is 12.3. The Balaban J connectivity index is 1.79. The Morgan fingerprint density at radius 3 is 2.55 bits per heavy atom. The first-order valence-corrected chi connectivity index (χ1v) is 9.01. The number of likely N-dealkylation sites (tertiary alicyclic amines) is 1. The van der Waals surface area contributed by atoms with Crippen molar-refractivity contribution in [2.45, 2.75) is 38.6 Å². The van der Waals surface area contributed by atoms with Gasteiger partial charge in [0, 0.05) is 19.6 Å². The molecule has 0 unspecified atom stereocenters. The number of thiophene rings is 1. The van der Waals surface area contributed by atoms with Crippen molar-refractivity contribution in [3.8, 4) is 0 Å². The number of halogens is 1. The van der Waals surface area contributed by atoms with Gasteiger partial charge in [-0.25, -0.2) is 0 Å². The molecule has 1 fully saturated rings. The third-order valence-electron chi connectivity index (χ3n) is 3.69. The average molecular weight is 359 g/mol. The number of carbonyl (C=O) groups excluding carboxylic acids is 1. The summed E-state index contributed by atoms with van der Waals surface area (Å²) in [5.74, 6) is 0.281. The summed E-state index contributed by atoms with van der Waals surface area (Å²) >= 11 is 5.17. The summed E-state index contributed by atoms with van der Waals surface area (Å²) in [5.41, 5.74) is 1.27. The summed E-state index contributed by atoms with van der Waals surface area (Å²) in [6.07, 6.45) is 6.18. The van der Waals surface area contributed by atoms with Gasteiger partial charge in [0.15, 0.2) is 0 Å². The van der Waals surface area contributed by atoms with Gasteiger partial charge in [-0.2, -0.15) is 0 Å². The Bertz CT molecular complexity index is 427. The summed E-state index contributed by atoms with van der Waals surface area (Å²) in [6, 6.07) is 2.13. The number of hydrogen-bond donors (Lipinski definition) is 0. The molecule has 1 aromatic rings. The molecule has 2 heterocycles. The summed E-state index contributed by atoms with van der Waals surface area (Å²) in [6.45, 7) is 3.24. The molecule has 1 aromatic heterocycles. The van der Waals surface area contributed by atoms with Crippen LogP contribution in [0.1, 0.15) is 37.7 Å². The normalized spacial score (nSPS) is 17.1. The summed E-state index contributed by atoms with van der Waals surface area (Å²) in [7, 11) is 2.02. The van der Waals surface area contributed by atoms with Crippen LogP contribution in [-0.2, 0) is 11.3 Å². The number of hydrogen-bond acceptors (Lipinski definition) is 3. The Labute approximate surface area is 134 Å². The number of likely N-dealkylation sites (N-methyl/N-ethyl adjacent to an activating group) is 1. The van der Waals surface area contributed by atoms with Crippen LogP contribution >= 0.6 is 27.3 Å². The third-order valence-corrected chi connectivity index (χ3v) is 5.24. The summed E-state index contributed by atoms with van der Waals surface area (Å²) in [4.78, 5) is 16.5. The second-order valence-electron chi connectivity index (χ2n) is 5.58. The van der Waals surface area contributed by atoms with Gasteiger partial charge in [0.2, 0.25) is 5.91 Å². The quantitative estimate of drug-likeness (QED) is 0.818.